The molecule has 1 aliphatic heterocycles. The molecular formula is C16H21FN2OS2. The highest BCUT2D eigenvalue weighted by Crippen LogP contribution is 2.21. The molecule has 1 unspecified atom stereocenters. The maximum atomic E-state index is 13.0. The summed E-state index contributed by atoms with van der Waals surface area (Å²) in [7, 11) is 1.77. The standard InChI is InChI=1S/C16H21FN2OS2/c1-12(13-5-7-14(17)8-6-13)18(2)15(20)11-22-16(21)19-9-3-4-10-19/h5-8,12H,3-4,9-11H2,1-2H3. The van der Waals surface area contributed by atoms with E-state index >= 15 is 0 Å². The first-order valence-electron chi connectivity index (χ1n) is 7.42. The Bertz CT molecular complexity index is 529. The molecule has 1 amide bonds. The van der Waals surface area contributed by atoms with Crippen LogP contribution in [0.3, 0.4) is 0 Å². The number of likely N-dealkylation sites (tertiary alicyclic amines) is 1. The fraction of sp³-hybridized carbons (Fsp3) is 0.500. The number of hydrogen-bond acceptors (Lipinski definition) is 3. The fourth-order valence-corrected chi connectivity index (χ4v) is 3.57. The van der Waals surface area contributed by atoms with Gasteiger partial charge in [0.05, 0.1) is 11.8 Å². The Kier molecular flexibility index (Phi) is 6.20. The first-order valence-corrected chi connectivity index (χ1v) is 8.81. The molecule has 1 aromatic rings. The minimum atomic E-state index is -0.267. The molecule has 0 N–H and O–H groups in total. The van der Waals surface area contributed by atoms with Crippen molar-refractivity contribution in [2.45, 2.75) is 25.8 Å². The number of halogens is 1. The van der Waals surface area contributed by atoms with Gasteiger partial charge in [0, 0.05) is 20.1 Å². The average molecular weight is 340 g/mol. The summed E-state index contributed by atoms with van der Waals surface area (Å²) in [5.41, 5.74) is 0.921. The van der Waals surface area contributed by atoms with Crippen molar-refractivity contribution < 1.29 is 9.18 Å². The summed E-state index contributed by atoms with van der Waals surface area (Å²) in [5.74, 6) is 0.108. The Hall–Kier alpha value is -1.14. The average Bonchev–Trinajstić information content (AvgIpc) is 3.06. The largest absolute Gasteiger partial charge is 0.358 e. The van der Waals surface area contributed by atoms with Crippen molar-refractivity contribution >= 4 is 34.2 Å². The van der Waals surface area contributed by atoms with Crippen molar-refractivity contribution in [1.82, 2.24) is 9.80 Å². The van der Waals surface area contributed by atoms with Crippen molar-refractivity contribution in [2.24, 2.45) is 0 Å². The molecule has 0 radical (unpaired) electrons. The number of nitrogens with zero attached hydrogens (tertiary/aromatic N) is 2. The lowest BCUT2D eigenvalue weighted by molar-refractivity contribution is -0.128. The van der Waals surface area contributed by atoms with E-state index in [0.717, 1.165) is 23.0 Å². The number of amides is 1. The highest BCUT2D eigenvalue weighted by atomic mass is 32.2. The molecule has 1 aliphatic rings. The zero-order valence-electron chi connectivity index (χ0n) is 12.9. The second-order valence-electron chi connectivity index (χ2n) is 5.48. The molecule has 0 aliphatic carbocycles. The van der Waals surface area contributed by atoms with Crippen LogP contribution in [0.5, 0.6) is 0 Å². The third kappa shape index (κ3) is 4.43. The lowest BCUT2D eigenvalue weighted by atomic mass is 10.1. The normalized spacial score (nSPS) is 15.7. The Morgan fingerprint density at radius 2 is 1.95 bits per heavy atom. The molecule has 0 saturated carbocycles. The van der Waals surface area contributed by atoms with Gasteiger partial charge in [-0.15, -0.1) is 0 Å². The third-order valence-corrected chi connectivity index (χ3v) is 5.52. The summed E-state index contributed by atoms with van der Waals surface area (Å²) in [6.07, 6.45) is 2.35. The van der Waals surface area contributed by atoms with Crippen molar-refractivity contribution in [3.05, 3.63) is 35.6 Å². The molecular weight excluding hydrogens is 319 g/mol. The molecule has 1 atom stereocenters. The van der Waals surface area contributed by atoms with Crippen molar-refractivity contribution in [3.8, 4) is 0 Å². The fourth-order valence-electron chi connectivity index (χ4n) is 2.40. The van der Waals surface area contributed by atoms with Crippen LogP contribution < -0.4 is 0 Å². The first-order chi connectivity index (χ1) is 10.5. The molecule has 1 saturated heterocycles. The van der Waals surface area contributed by atoms with Crippen molar-refractivity contribution in [2.75, 3.05) is 25.9 Å². The molecule has 2 rings (SSSR count). The molecule has 0 aromatic heterocycles. The maximum Gasteiger partial charge on any atom is 0.233 e. The van der Waals surface area contributed by atoms with Gasteiger partial charge in [-0.05, 0) is 37.5 Å². The second-order valence-corrected chi connectivity index (χ2v) is 7.09. The Morgan fingerprint density at radius 1 is 1.36 bits per heavy atom. The summed E-state index contributed by atoms with van der Waals surface area (Å²) in [4.78, 5) is 16.1. The lowest BCUT2D eigenvalue weighted by Gasteiger charge is -2.26. The van der Waals surface area contributed by atoms with E-state index in [-0.39, 0.29) is 17.8 Å². The number of carbonyl (C=O) groups excluding carboxylic acids is 1. The molecule has 0 bridgehead atoms. The Balaban J connectivity index is 1.85. The van der Waals surface area contributed by atoms with Gasteiger partial charge in [-0.1, -0.05) is 36.1 Å². The molecule has 1 aromatic carbocycles. The van der Waals surface area contributed by atoms with Crippen molar-refractivity contribution in [1.29, 1.82) is 0 Å². The van der Waals surface area contributed by atoms with E-state index in [1.54, 1.807) is 24.1 Å². The van der Waals surface area contributed by atoms with Crippen LogP contribution in [-0.2, 0) is 4.79 Å². The second kappa shape index (κ2) is 7.92. The number of carbonyl (C=O) groups is 1. The van der Waals surface area contributed by atoms with E-state index in [1.165, 1.54) is 36.7 Å². The van der Waals surface area contributed by atoms with Gasteiger partial charge in [0.25, 0.3) is 0 Å². The first kappa shape index (κ1) is 17.2. The van der Waals surface area contributed by atoms with Gasteiger partial charge < -0.3 is 9.80 Å². The van der Waals surface area contributed by atoms with Gasteiger partial charge >= 0.3 is 0 Å². The summed E-state index contributed by atoms with van der Waals surface area (Å²) >= 11 is 6.80. The van der Waals surface area contributed by atoms with E-state index in [1.807, 2.05) is 6.92 Å². The zero-order valence-corrected chi connectivity index (χ0v) is 14.6. The van der Waals surface area contributed by atoms with Crippen LogP contribution in [0.15, 0.2) is 24.3 Å². The van der Waals surface area contributed by atoms with E-state index < -0.39 is 0 Å². The van der Waals surface area contributed by atoms with Crippen molar-refractivity contribution in [3.63, 3.8) is 0 Å². The predicted molar refractivity (Wildman–Crippen MR) is 93.4 cm³/mol. The van der Waals surface area contributed by atoms with E-state index in [4.69, 9.17) is 12.2 Å². The van der Waals surface area contributed by atoms with Crippen LogP contribution in [0.25, 0.3) is 0 Å². The minimum Gasteiger partial charge on any atom is -0.358 e. The molecule has 120 valence electrons. The molecule has 22 heavy (non-hydrogen) atoms. The number of hydrogen-bond donors (Lipinski definition) is 0. The van der Waals surface area contributed by atoms with Crippen LogP contribution >= 0.6 is 24.0 Å². The number of thiocarbonyl (C=S) groups is 1. The Labute approximate surface area is 140 Å². The topological polar surface area (TPSA) is 23.6 Å². The molecule has 6 heteroatoms. The van der Waals surface area contributed by atoms with Crippen LogP contribution in [0.1, 0.15) is 31.4 Å². The minimum absolute atomic E-state index is 0.0309. The predicted octanol–water partition coefficient (Wildman–Crippen LogP) is 3.46. The molecule has 1 heterocycles. The van der Waals surface area contributed by atoms with Crippen LogP contribution in [0.4, 0.5) is 4.39 Å². The number of benzene rings is 1. The molecule has 0 spiro atoms. The molecule has 3 nitrogen and oxygen atoms in total. The summed E-state index contributed by atoms with van der Waals surface area (Å²) in [6.45, 7) is 3.94. The van der Waals surface area contributed by atoms with Crippen LogP contribution in [0, 0.1) is 5.82 Å². The monoisotopic (exact) mass is 340 g/mol. The van der Waals surface area contributed by atoms with E-state index in [9.17, 15) is 9.18 Å². The summed E-state index contributed by atoms with van der Waals surface area (Å²) in [6, 6.07) is 6.18. The van der Waals surface area contributed by atoms with Gasteiger partial charge in [-0.3, -0.25) is 4.79 Å². The maximum absolute atomic E-state index is 13.0. The SMILES string of the molecule is CC(c1ccc(F)cc1)N(C)C(=O)CSC(=S)N1CCCC1. The zero-order chi connectivity index (χ0) is 16.1. The van der Waals surface area contributed by atoms with Gasteiger partial charge in [-0.2, -0.15) is 0 Å². The summed E-state index contributed by atoms with van der Waals surface area (Å²) < 4.78 is 13.8. The number of rotatable bonds is 4. The number of thioether (sulfide) groups is 1. The van der Waals surface area contributed by atoms with Gasteiger partial charge in [0.1, 0.15) is 10.1 Å². The Morgan fingerprint density at radius 3 is 2.55 bits per heavy atom. The van der Waals surface area contributed by atoms with E-state index in [2.05, 4.69) is 4.90 Å². The highest BCUT2D eigenvalue weighted by Gasteiger charge is 2.20. The van der Waals surface area contributed by atoms with Gasteiger partial charge in [-0.25, -0.2) is 4.39 Å². The highest BCUT2D eigenvalue weighted by molar-refractivity contribution is 8.23. The van der Waals surface area contributed by atoms with Crippen LogP contribution in [-0.4, -0.2) is 45.9 Å². The molecule has 1 fully saturated rings. The smallest absolute Gasteiger partial charge is 0.233 e. The van der Waals surface area contributed by atoms with Crippen LogP contribution in [0.2, 0.25) is 0 Å². The third-order valence-electron chi connectivity index (χ3n) is 4.01. The van der Waals surface area contributed by atoms with Gasteiger partial charge in [0.2, 0.25) is 5.91 Å². The lowest BCUT2D eigenvalue weighted by Crippen LogP contribution is -2.32. The quantitative estimate of drug-likeness (QED) is 0.783. The van der Waals surface area contributed by atoms with Gasteiger partial charge in [0.15, 0.2) is 0 Å². The van der Waals surface area contributed by atoms with E-state index in [0.29, 0.717) is 5.75 Å². The summed E-state index contributed by atoms with van der Waals surface area (Å²) in [5, 5.41) is 0.